The molecule has 1 amide bonds. The van der Waals surface area contributed by atoms with Crippen LogP contribution in [0.25, 0.3) is 0 Å². The lowest BCUT2D eigenvalue weighted by Gasteiger charge is -2.36. The molecule has 164 valence electrons. The van der Waals surface area contributed by atoms with Crippen molar-refractivity contribution in [1.82, 2.24) is 14.9 Å². The predicted octanol–water partition coefficient (Wildman–Crippen LogP) is 2.91. The van der Waals surface area contributed by atoms with Gasteiger partial charge < -0.3 is 19.3 Å². The number of aromatic nitrogens is 2. The number of amides is 1. The predicted molar refractivity (Wildman–Crippen MR) is 114 cm³/mol. The summed E-state index contributed by atoms with van der Waals surface area (Å²) in [6.07, 6.45) is 4.60. The third-order valence-corrected chi connectivity index (χ3v) is 4.99. The second-order valence-corrected chi connectivity index (χ2v) is 7.07. The second-order valence-electron chi connectivity index (χ2n) is 7.07. The summed E-state index contributed by atoms with van der Waals surface area (Å²) in [6, 6.07) is 12.8. The first kappa shape index (κ1) is 21.2. The molecule has 1 aromatic carbocycles. The number of hydrogen-bond donors (Lipinski definition) is 0. The van der Waals surface area contributed by atoms with E-state index >= 15 is 0 Å². The fourth-order valence-electron chi connectivity index (χ4n) is 3.31. The SMILES string of the molecule is O=C(OCC(=O)N1CCN(c2ccc(F)cc2)CC1)c1cccnc1Oc1cccnc1. The van der Waals surface area contributed by atoms with E-state index in [1.54, 1.807) is 41.4 Å². The van der Waals surface area contributed by atoms with Gasteiger partial charge >= 0.3 is 5.97 Å². The van der Waals surface area contributed by atoms with E-state index in [2.05, 4.69) is 14.9 Å². The normalized spacial score (nSPS) is 13.5. The van der Waals surface area contributed by atoms with Crippen molar-refractivity contribution in [2.45, 2.75) is 0 Å². The number of piperazine rings is 1. The molecule has 0 saturated carbocycles. The van der Waals surface area contributed by atoms with Gasteiger partial charge in [-0.3, -0.25) is 9.78 Å². The van der Waals surface area contributed by atoms with Crippen LogP contribution in [-0.2, 0) is 9.53 Å². The number of benzene rings is 1. The molecule has 0 aliphatic carbocycles. The lowest BCUT2D eigenvalue weighted by molar-refractivity contribution is -0.134. The number of carbonyl (C=O) groups excluding carboxylic acids is 2. The number of halogens is 1. The van der Waals surface area contributed by atoms with Gasteiger partial charge in [0.2, 0.25) is 5.88 Å². The summed E-state index contributed by atoms with van der Waals surface area (Å²) < 4.78 is 23.9. The molecule has 0 N–H and O–H groups in total. The third kappa shape index (κ3) is 5.18. The van der Waals surface area contributed by atoms with Crippen LogP contribution in [0.2, 0.25) is 0 Å². The maximum absolute atomic E-state index is 13.1. The molecule has 0 spiro atoms. The van der Waals surface area contributed by atoms with Crippen LogP contribution in [0.3, 0.4) is 0 Å². The van der Waals surface area contributed by atoms with E-state index in [1.165, 1.54) is 30.6 Å². The lowest BCUT2D eigenvalue weighted by Crippen LogP contribution is -2.49. The van der Waals surface area contributed by atoms with Crippen LogP contribution in [-0.4, -0.2) is 59.5 Å². The van der Waals surface area contributed by atoms with E-state index in [9.17, 15) is 14.0 Å². The first-order valence-corrected chi connectivity index (χ1v) is 10.1. The van der Waals surface area contributed by atoms with Gasteiger partial charge in [0.1, 0.15) is 17.1 Å². The Hall–Kier alpha value is -4.01. The van der Waals surface area contributed by atoms with Crippen LogP contribution in [0.15, 0.2) is 67.1 Å². The summed E-state index contributed by atoms with van der Waals surface area (Å²) in [4.78, 5) is 36.8. The quantitative estimate of drug-likeness (QED) is 0.550. The molecule has 1 fully saturated rings. The second kappa shape index (κ2) is 9.86. The van der Waals surface area contributed by atoms with Crippen LogP contribution >= 0.6 is 0 Å². The average molecular weight is 436 g/mol. The molecule has 0 bridgehead atoms. The first-order chi connectivity index (χ1) is 15.6. The van der Waals surface area contributed by atoms with E-state index in [-0.39, 0.29) is 29.8 Å². The third-order valence-electron chi connectivity index (χ3n) is 4.99. The molecule has 2 aromatic heterocycles. The summed E-state index contributed by atoms with van der Waals surface area (Å²) in [5.74, 6) is -0.765. The van der Waals surface area contributed by atoms with Crippen LogP contribution in [0.1, 0.15) is 10.4 Å². The van der Waals surface area contributed by atoms with E-state index in [0.717, 1.165) is 5.69 Å². The monoisotopic (exact) mass is 436 g/mol. The molecular weight excluding hydrogens is 415 g/mol. The highest BCUT2D eigenvalue weighted by molar-refractivity contribution is 5.93. The Morgan fingerprint density at radius 3 is 2.44 bits per heavy atom. The minimum absolute atomic E-state index is 0.0749. The van der Waals surface area contributed by atoms with Gasteiger partial charge in [0.25, 0.3) is 5.91 Å². The summed E-state index contributed by atoms with van der Waals surface area (Å²) in [6.45, 7) is 1.80. The molecule has 8 nitrogen and oxygen atoms in total. The first-order valence-electron chi connectivity index (χ1n) is 10.1. The minimum atomic E-state index is -0.699. The van der Waals surface area contributed by atoms with Crippen molar-refractivity contribution in [3.05, 3.63) is 78.5 Å². The van der Waals surface area contributed by atoms with Gasteiger partial charge in [-0.1, -0.05) is 0 Å². The Kier molecular flexibility index (Phi) is 6.54. The number of hydrogen-bond acceptors (Lipinski definition) is 7. The number of carbonyl (C=O) groups is 2. The summed E-state index contributed by atoms with van der Waals surface area (Å²) in [7, 11) is 0. The Bertz CT molecular complexity index is 1070. The molecule has 0 unspecified atom stereocenters. The van der Waals surface area contributed by atoms with Crippen LogP contribution < -0.4 is 9.64 Å². The maximum Gasteiger partial charge on any atom is 0.344 e. The van der Waals surface area contributed by atoms with Gasteiger partial charge in [0, 0.05) is 44.3 Å². The molecule has 3 heterocycles. The summed E-state index contributed by atoms with van der Waals surface area (Å²) in [5.41, 5.74) is 1.02. The molecule has 3 aromatic rings. The molecule has 0 radical (unpaired) electrons. The highest BCUT2D eigenvalue weighted by Crippen LogP contribution is 2.23. The van der Waals surface area contributed by atoms with Crippen molar-refractivity contribution in [2.75, 3.05) is 37.7 Å². The number of nitrogens with zero attached hydrogens (tertiary/aromatic N) is 4. The van der Waals surface area contributed by atoms with Crippen molar-refractivity contribution < 1.29 is 23.5 Å². The Morgan fingerprint density at radius 1 is 0.969 bits per heavy atom. The van der Waals surface area contributed by atoms with Gasteiger partial charge in [0.05, 0.1) is 6.20 Å². The zero-order chi connectivity index (χ0) is 22.3. The molecule has 4 rings (SSSR count). The molecular formula is C23H21FN4O4. The van der Waals surface area contributed by atoms with E-state index in [0.29, 0.717) is 31.9 Å². The minimum Gasteiger partial charge on any atom is -0.452 e. The van der Waals surface area contributed by atoms with Gasteiger partial charge in [-0.2, -0.15) is 0 Å². The number of ether oxygens (including phenoxy) is 2. The van der Waals surface area contributed by atoms with Crippen molar-refractivity contribution in [3.8, 4) is 11.6 Å². The number of rotatable bonds is 6. The lowest BCUT2D eigenvalue weighted by atomic mass is 10.2. The molecule has 1 aliphatic rings. The smallest absolute Gasteiger partial charge is 0.344 e. The van der Waals surface area contributed by atoms with Crippen LogP contribution in [0.5, 0.6) is 11.6 Å². The Labute approximate surface area is 184 Å². The molecule has 32 heavy (non-hydrogen) atoms. The summed E-state index contributed by atoms with van der Waals surface area (Å²) >= 11 is 0. The zero-order valence-corrected chi connectivity index (χ0v) is 17.2. The number of pyridine rings is 2. The average Bonchev–Trinajstić information content (AvgIpc) is 2.84. The zero-order valence-electron chi connectivity index (χ0n) is 17.2. The largest absolute Gasteiger partial charge is 0.452 e. The molecule has 1 saturated heterocycles. The van der Waals surface area contributed by atoms with Crippen molar-refractivity contribution in [2.24, 2.45) is 0 Å². The number of anilines is 1. The molecule has 0 atom stereocenters. The summed E-state index contributed by atoms with van der Waals surface area (Å²) in [5, 5.41) is 0. The topological polar surface area (TPSA) is 84.9 Å². The fraction of sp³-hybridized carbons (Fsp3) is 0.217. The van der Waals surface area contributed by atoms with E-state index < -0.39 is 5.97 Å². The van der Waals surface area contributed by atoms with E-state index in [4.69, 9.17) is 9.47 Å². The highest BCUT2D eigenvalue weighted by atomic mass is 19.1. The van der Waals surface area contributed by atoms with Crippen molar-refractivity contribution >= 4 is 17.6 Å². The maximum atomic E-state index is 13.1. The molecule has 1 aliphatic heterocycles. The standard InChI is InChI=1S/C23H21FN4O4/c24-17-5-7-18(8-6-17)27-11-13-28(14-12-27)21(29)16-31-23(30)20-4-2-10-26-22(20)32-19-3-1-9-25-15-19/h1-10,15H,11-14,16H2. The fourth-order valence-corrected chi connectivity index (χ4v) is 3.31. The van der Waals surface area contributed by atoms with Crippen molar-refractivity contribution in [3.63, 3.8) is 0 Å². The highest BCUT2D eigenvalue weighted by Gasteiger charge is 2.23. The molecule has 9 heteroatoms. The van der Waals surface area contributed by atoms with E-state index in [1.807, 2.05) is 0 Å². The van der Waals surface area contributed by atoms with Crippen LogP contribution in [0.4, 0.5) is 10.1 Å². The van der Waals surface area contributed by atoms with Gasteiger partial charge in [-0.15, -0.1) is 0 Å². The van der Waals surface area contributed by atoms with Gasteiger partial charge in [0.15, 0.2) is 6.61 Å². The van der Waals surface area contributed by atoms with Gasteiger partial charge in [-0.25, -0.2) is 14.2 Å². The van der Waals surface area contributed by atoms with Crippen LogP contribution in [0, 0.1) is 5.82 Å². The Morgan fingerprint density at radius 2 is 1.72 bits per heavy atom. The van der Waals surface area contributed by atoms with Crippen molar-refractivity contribution in [1.29, 1.82) is 0 Å². The number of esters is 1. The Balaban J connectivity index is 1.30. The van der Waals surface area contributed by atoms with Gasteiger partial charge in [-0.05, 0) is 48.5 Å².